The number of aromatic nitrogens is 1. The van der Waals surface area contributed by atoms with E-state index in [1.54, 1.807) is 0 Å². The summed E-state index contributed by atoms with van der Waals surface area (Å²) in [6, 6.07) is 3.04. The van der Waals surface area contributed by atoms with Gasteiger partial charge in [-0.1, -0.05) is 23.2 Å². The Bertz CT molecular complexity index is 565. The molecule has 0 unspecified atom stereocenters. The standard InChI is InChI=1S/C14H18Cl2N4O3/c15-11-2-1-10(14(16)19-11)18-13(22)9-12(21)17-3-4-20-5-7-23-8-6-20/h1-2H,3-9H2,(H,17,21)(H,18,22). The number of pyridine rings is 1. The Morgan fingerprint density at radius 3 is 2.65 bits per heavy atom. The lowest BCUT2D eigenvalue weighted by molar-refractivity contribution is -0.126. The average molecular weight is 361 g/mol. The van der Waals surface area contributed by atoms with Crippen LogP contribution >= 0.6 is 23.2 Å². The number of carbonyl (C=O) groups excluding carboxylic acids is 2. The van der Waals surface area contributed by atoms with Gasteiger partial charge in [-0.3, -0.25) is 14.5 Å². The smallest absolute Gasteiger partial charge is 0.233 e. The van der Waals surface area contributed by atoms with Gasteiger partial charge in [-0.05, 0) is 12.1 Å². The van der Waals surface area contributed by atoms with E-state index in [4.69, 9.17) is 27.9 Å². The zero-order valence-corrected chi connectivity index (χ0v) is 14.0. The molecule has 1 aliphatic rings. The molecular formula is C14H18Cl2N4O3. The number of ether oxygens (including phenoxy) is 1. The number of morpholine rings is 1. The Hall–Kier alpha value is -1.41. The number of carbonyl (C=O) groups is 2. The van der Waals surface area contributed by atoms with Gasteiger partial charge in [0.2, 0.25) is 11.8 Å². The number of nitrogens with zero attached hydrogens (tertiary/aromatic N) is 2. The molecule has 7 nitrogen and oxygen atoms in total. The normalized spacial score (nSPS) is 15.2. The predicted molar refractivity (Wildman–Crippen MR) is 87.8 cm³/mol. The van der Waals surface area contributed by atoms with Gasteiger partial charge in [-0.2, -0.15) is 0 Å². The third kappa shape index (κ3) is 6.31. The largest absolute Gasteiger partial charge is 0.379 e. The van der Waals surface area contributed by atoms with Crippen LogP contribution in [-0.2, 0) is 14.3 Å². The van der Waals surface area contributed by atoms with Crippen molar-refractivity contribution in [3.63, 3.8) is 0 Å². The molecule has 126 valence electrons. The lowest BCUT2D eigenvalue weighted by Gasteiger charge is -2.26. The van der Waals surface area contributed by atoms with Gasteiger partial charge >= 0.3 is 0 Å². The fourth-order valence-electron chi connectivity index (χ4n) is 2.09. The number of anilines is 1. The van der Waals surface area contributed by atoms with E-state index in [0.717, 1.165) is 19.6 Å². The Kier molecular flexibility index (Phi) is 7.04. The van der Waals surface area contributed by atoms with E-state index in [1.807, 2.05) is 0 Å². The van der Waals surface area contributed by atoms with Crippen molar-refractivity contribution >= 4 is 40.7 Å². The van der Waals surface area contributed by atoms with E-state index >= 15 is 0 Å². The second-order valence-electron chi connectivity index (χ2n) is 5.00. The summed E-state index contributed by atoms with van der Waals surface area (Å²) in [6.45, 7) is 4.38. The van der Waals surface area contributed by atoms with Crippen LogP contribution in [0.5, 0.6) is 0 Å². The highest BCUT2D eigenvalue weighted by Crippen LogP contribution is 2.21. The minimum absolute atomic E-state index is 0.0820. The molecule has 0 aliphatic carbocycles. The Balaban J connectivity index is 1.68. The number of nitrogens with one attached hydrogen (secondary N) is 2. The summed E-state index contributed by atoms with van der Waals surface area (Å²) in [5.74, 6) is -0.798. The predicted octanol–water partition coefficient (Wildman–Crippen LogP) is 1.17. The topological polar surface area (TPSA) is 83.6 Å². The van der Waals surface area contributed by atoms with Crippen molar-refractivity contribution in [2.75, 3.05) is 44.7 Å². The first-order chi connectivity index (χ1) is 11.0. The third-order valence-corrected chi connectivity index (χ3v) is 3.76. The summed E-state index contributed by atoms with van der Waals surface area (Å²) in [6.07, 6.45) is -0.276. The number of hydrogen-bond acceptors (Lipinski definition) is 5. The molecule has 0 spiro atoms. The van der Waals surface area contributed by atoms with Crippen LogP contribution in [0.2, 0.25) is 10.3 Å². The molecule has 1 aromatic rings. The molecule has 2 heterocycles. The quantitative estimate of drug-likeness (QED) is 0.587. The van der Waals surface area contributed by atoms with Gasteiger partial charge in [0.25, 0.3) is 0 Å². The highest BCUT2D eigenvalue weighted by molar-refractivity contribution is 6.34. The first-order valence-electron chi connectivity index (χ1n) is 7.23. The Labute approximate surface area is 144 Å². The van der Waals surface area contributed by atoms with Crippen molar-refractivity contribution in [2.24, 2.45) is 0 Å². The molecule has 0 bridgehead atoms. The Morgan fingerprint density at radius 2 is 1.96 bits per heavy atom. The summed E-state index contributed by atoms with van der Waals surface area (Å²) < 4.78 is 5.25. The van der Waals surface area contributed by atoms with Crippen LogP contribution in [-0.4, -0.2) is 61.1 Å². The number of rotatable bonds is 6. The number of halogens is 2. The van der Waals surface area contributed by atoms with Crippen molar-refractivity contribution in [3.05, 3.63) is 22.4 Å². The van der Waals surface area contributed by atoms with Crippen molar-refractivity contribution in [1.82, 2.24) is 15.2 Å². The highest BCUT2D eigenvalue weighted by atomic mass is 35.5. The van der Waals surface area contributed by atoms with Gasteiger partial charge in [-0.15, -0.1) is 0 Å². The van der Waals surface area contributed by atoms with Gasteiger partial charge in [0.1, 0.15) is 11.6 Å². The van der Waals surface area contributed by atoms with Gasteiger partial charge in [-0.25, -0.2) is 4.98 Å². The van der Waals surface area contributed by atoms with Crippen LogP contribution in [0.25, 0.3) is 0 Å². The molecular weight excluding hydrogens is 343 g/mol. The van der Waals surface area contributed by atoms with Crippen LogP contribution in [0.1, 0.15) is 6.42 Å². The van der Waals surface area contributed by atoms with Crippen molar-refractivity contribution < 1.29 is 14.3 Å². The molecule has 1 saturated heterocycles. The van der Waals surface area contributed by atoms with Gasteiger partial charge in [0, 0.05) is 26.2 Å². The lowest BCUT2D eigenvalue weighted by atomic mass is 10.3. The summed E-state index contributed by atoms with van der Waals surface area (Å²) in [4.78, 5) is 29.6. The van der Waals surface area contributed by atoms with E-state index in [-0.39, 0.29) is 22.6 Å². The molecule has 0 saturated carbocycles. The second kappa shape index (κ2) is 9.02. The zero-order valence-electron chi connectivity index (χ0n) is 12.5. The molecule has 9 heteroatoms. The molecule has 2 N–H and O–H groups in total. The van der Waals surface area contributed by atoms with E-state index in [0.29, 0.717) is 25.4 Å². The van der Waals surface area contributed by atoms with Gasteiger partial charge in [0.15, 0.2) is 5.15 Å². The average Bonchev–Trinajstić information content (AvgIpc) is 2.51. The summed E-state index contributed by atoms with van der Waals surface area (Å²) in [5.41, 5.74) is 0.321. The highest BCUT2D eigenvalue weighted by Gasteiger charge is 2.13. The fourth-order valence-corrected chi connectivity index (χ4v) is 2.48. The van der Waals surface area contributed by atoms with Crippen LogP contribution in [0.3, 0.4) is 0 Å². The van der Waals surface area contributed by atoms with Crippen molar-refractivity contribution in [3.8, 4) is 0 Å². The van der Waals surface area contributed by atoms with Crippen molar-refractivity contribution in [2.45, 2.75) is 6.42 Å². The third-order valence-electron chi connectivity index (χ3n) is 3.26. The molecule has 0 aromatic carbocycles. The first-order valence-corrected chi connectivity index (χ1v) is 7.99. The summed E-state index contributed by atoms with van der Waals surface area (Å²) in [7, 11) is 0. The van der Waals surface area contributed by atoms with Gasteiger partial charge in [0.05, 0.1) is 18.9 Å². The first kappa shape index (κ1) is 17.9. The maximum atomic E-state index is 11.8. The maximum Gasteiger partial charge on any atom is 0.233 e. The molecule has 23 heavy (non-hydrogen) atoms. The SMILES string of the molecule is O=C(CC(=O)Nc1ccc(Cl)nc1Cl)NCCN1CCOCC1. The molecule has 1 fully saturated rings. The summed E-state index contributed by atoms with van der Waals surface area (Å²) in [5, 5.41) is 5.56. The van der Waals surface area contributed by atoms with Crippen LogP contribution in [0.15, 0.2) is 12.1 Å². The number of hydrogen-bond donors (Lipinski definition) is 2. The van der Waals surface area contributed by atoms with E-state index in [9.17, 15) is 9.59 Å². The molecule has 2 rings (SSSR count). The minimum Gasteiger partial charge on any atom is -0.379 e. The second-order valence-corrected chi connectivity index (χ2v) is 5.75. The van der Waals surface area contributed by atoms with Crippen LogP contribution < -0.4 is 10.6 Å². The zero-order chi connectivity index (χ0) is 16.7. The van der Waals surface area contributed by atoms with E-state index in [1.165, 1.54) is 12.1 Å². The maximum absolute atomic E-state index is 11.8. The lowest BCUT2D eigenvalue weighted by Crippen LogP contribution is -2.41. The van der Waals surface area contributed by atoms with Crippen LogP contribution in [0.4, 0.5) is 5.69 Å². The number of amides is 2. The molecule has 1 aliphatic heterocycles. The van der Waals surface area contributed by atoms with Crippen molar-refractivity contribution in [1.29, 1.82) is 0 Å². The fraction of sp³-hybridized carbons (Fsp3) is 0.500. The van der Waals surface area contributed by atoms with E-state index < -0.39 is 5.91 Å². The summed E-state index contributed by atoms with van der Waals surface area (Å²) >= 11 is 11.5. The Morgan fingerprint density at radius 1 is 1.22 bits per heavy atom. The molecule has 0 atom stereocenters. The minimum atomic E-state index is -0.458. The van der Waals surface area contributed by atoms with Gasteiger partial charge < -0.3 is 15.4 Å². The van der Waals surface area contributed by atoms with E-state index in [2.05, 4.69) is 20.5 Å². The molecule has 1 aromatic heterocycles. The molecule has 2 amide bonds. The molecule has 0 radical (unpaired) electrons. The van der Waals surface area contributed by atoms with Crippen LogP contribution in [0, 0.1) is 0 Å². The monoisotopic (exact) mass is 360 g/mol.